The number of hydrogen-bond acceptors (Lipinski definition) is 4. The van der Waals surface area contributed by atoms with Gasteiger partial charge >= 0.3 is 5.97 Å². The van der Waals surface area contributed by atoms with Crippen LogP contribution in [0.2, 0.25) is 0 Å². The van der Waals surface area contributed by atoms with Crippen LogP contribution in [-0.2, 0) is 14.3 Å². The van der Waals surface area contributed by atoms with E-state index in [0.29, 0.717) is 26.2 Å². The SMILES string of the molecule is CCOC(=O)C1(Nc2cccc(C)c2)CCOC1. The maximum Gasteiger partial charge on any atom is 0.334 e. The van der Waals surface area contributed by atoms with Gasteiger partial charge < -0.3 is 14.8 Å². The molecule has 0 spiro atoms. The van der Waals surface area contributed by atoms with Crippen LogP contribution in [0.25, 0.3) is 0 Å². The summed E-state index contributed by atoms with van der Waals surface area (Å²) in [4.78, 5) is 12.1. The standard InChI is InChI=1S/C14H19NO3/c1-3-18-13(16)14(7-8-17-10-14)15-12-6-4-5-11(2)9-12/h4-6,9,15H,3,7-8,10H2,1-2H3. The summed E-state index contributed by atoms with van der Waals surface area (Å²) < 4.78 is 10.5. The van der Waals surface area contributed by atoms with Gasteiger partial charge in [-0.25, -0.2) is 4.79 Å². The molecule has 1 aliphatic heterocycles. The van der Waals surface area contributed by atoms with Gasteiger partial charge in [-0.05, 0) is 31.5 Å². The molecule has 1 atom stereocenters. The number of esters is 1. The molecular weight excluding hydrogens is 230 g/mol. The Labute approximate surface area is 107 Å². The van der Waals surface area contributed by atoms with Crippen LogP contribution in [0.15, 0.2) is 24.3 Å². The minimum atomic E-state index is -0.732. The van der Waals surface area contributed by atoms with Crippen LogP contribution in [0, 0.1) is 6.92 Å². The molecule has 4 nitrogen and oxygen atoms in total. The normalized spacial score (nSPS) is 22.8. The first-order valence-electron chi connectivity index (χ1n) is 6.26. The molecule has 0 bridgehead atoms. The highest BCUT2D eigenvalue weighted by atomic mass is 16.5. The third-order valence-electron chi connectivity index (χ3n) is 3.09. The van der Waals surface area contributed by atoms with E-state index in [-0.39, 0.29) is 5.97 Å². The number of benzene rings is 1. The van der Waals surface area contributed by atoms with Crippen molar-refractivity contribution in [2.24, 2.45) is 0 Å². The zero-order chi connectivity index (χ0) is 13.0. The number of nitrogens with one attached hydrogen (secondary N) is 1. The first kappa shape index (κ1) is 12.9. The largest absolute Gasteiger partial charge is 0.464 e. The van der Waals surface area contributed by atoms with Crippen LogP contribution < -0.4 is 5.32 Å². The van der Waals surface area contributed by atoms with Gasteiger partial charge in [-0.1, -0.05) is 12.1 Å². The summed E-state index contributed by atoms with van der Waals surface area (Å²) in [6.07, 6.45) is 0.639. The minimum Gasteiger partial charge on any atom is -0.464 e. The second kappa shape index (κ2) is 5.40. The lowest BCUT2D eigenvalue weighted by Crippen LogP contribution is -2.48. The molecule has 1 heterocycles. The third-order valence-corrected chi connectivity index (χ3v) is 3.09. The van der Waals surface area contributed by atoms with E-state index in [1.807, 2.05) is 38.1 Å². The molecule has 0 amide bonds. The van der Waals surface area contributed by atoms with Crippen LogP contribution in [0.5, 0.6) is 0 Å². The van der Waals surface area contributed by atoms with E-state index >= 15 is 0 Å². The first-order chi connectivity index (χ1) is 8.66. The number of ether oxygens (including phenoxy) is 2. The number of carbonyl (C=O) groups is 1. The molecule has 98 valence electrons. The van der Waals surface area contributed by atoms with Crippen molar-refractivity contribution in [1.29, 1.82) is 0 Å². The van der Waals surface area contributed by atoms with Crippen molar-refractivity contribution in [3.63, 3.8) is 0 Å². The molecule has 1 aromatic rings. The molecule has 18 heavy (non-hydrogen) atoms. The Kier molecular flexibility index (Phi) is 3.87. The van der Waals surface area contributed by atoms with Crippen LogP contribution in [0.4, 0.5) is 5.69 Å². The zero-order valence-electron chi connectivity index (χ0n) is 10.9. The number of rotatable bonds is 4. The van der Waals surface area contributed by atoms with Gasteiger partial charge in [0.15, 0.2) is 5.54 Å². The second-order valence-corrected chi connectivity index (χ2v) is 4.60. The van der Waals surface area contributed by atoms with Crippen molar-refractivity contribution in [1.82, 2.24) is 0 Å². The smallest absolute Gasteiger partial charge is 0.334 e. The Morgan fingerprint density at radius 2 is 2.39 bits per heavy atom. The molecule has 2 rings (SSSR count). The van der Waals surface area contributed by atoms with Crippen LogP contribution in [-0.4, -0.2) is 31.3 Å². The third kappa shape index (κ3) is 2.64. The zero-order valence-corrected chi connectivity index (χ0v) is 10.9. The van der Waals surface area contributed by atoms with E-state index in [1.54, 1.807) is 0 Å². The van der Waals surface area contributed by atoms with Crippen LogP contribution >= 0.6 is 0 Å². The maximum absolute atomic E-state index is 12.1. The highest BCUT2D eigenvalue weighted by molar-refractivity contribution is 5.85. The summed E-state index contributed by atoms with van der Waals surface area (Å²) in [5.74, 6) is -0.232. The van der Waals surface area contributed by atoms with Gasteiger partial charge in [0.2, 0.25) is 0 Å². The van der Waals surface area contributed by atoms with Crippen LogP contribution in [0.3, 0.4) is 0 Å². The van der Waals surface area contributed by atoms with Crippen molar-refractivity contribution >= 4 is 11.7 Å². The van der Waals surface area contributed by atoms with Gasteiger partial charge in [0, 0.05) is 18.7 Å². The lowest BCUT2D eigenvalue weighted by Gasteiger charge is -2.27. The molecule has 0 saturated carbocycles. The van der Waals surface area contributed by atoms with Gasteiger partial charge in [0.1, 0.15) is 0 Å². The fraction of sp³-hybridized carbons (Fsp3) is 0.500. The molecule has 1 unspecified atom stereocenters. The summed E-state index contributed by atoms with van der Waals surface area (Å²) in [6, 6.07) is 7.95. The van der Waals surface area contributed by atoms with Gasteiger partial charge in [0.25, 0.3) is 0 Å². The molecular formula is C14H19NO3. The Bertz CT molecular complexity index is 425. The van der Waals surface area contributed by atoms with E-state index in [9.17, 15) is 4.79 Å². The number of aryl methyl sites for hydroxylation is 1. The predicted molar refractivity (Wildman–Crippen MR) is 69.6 cm³/mol. The summed E-state index contributed by atoms with van der Waals surface area (Å²) in [5, 5.41) is 3.28. The predicted octanol–water partition coefficient (Wildman–Crippen LogP) is 2.13. The van der Waals surface area contributed by atoms with Gasteiger partial charge in [-0.2, -0.15) is 0 Å². The Balaban J connectivity index is 2.18. The lowest BCUT2D eigenvalue weighted by atomic mass is 9.98. The van der Waals surface area contributed by atoms with Crippen molar-refractivity contribution in [2.45, 2.75) is 25.8 Å². The molecule has 0 radical (unpaired) electrons. The van der Waals surface area contributed by atoms with Crippen molar-refractivity contribution in [3.05, 3.63) is 29.8 Å². The highest BCUT2D eigenvalue weighted by Gasteiger charge is 2.43. The second-order valence-electron chi connectivity index (χ2n) is 4.60. The molecule has 4 heteroatoms. The van der Waals surface area contributed by atoms with Gasteiger partial charge in [-0.3, -0.25) is 0 Å². The molecule has 0 aromatic heterocycles. The van der Waals surface area contributed by atoms with Crippen LogP contribution in [0.1, 0.15) is 18.9 Å². The van der Waals surface area contributed by atoms with Crippen molar-refractivity contribution < 1.29 is 14.3 Å². The first-order valence-corrected chi connectivity index (χ1v) is 6.26. The summed E-state index contributed by atoms with van der Waals surface area (Å²) in [5.41, 5.74) is 1.34. The molecule has 1 fully saturated rings. The van der Waals surface area contributed by atoms with E-state index in [4.69, 9.17) is 9.47 Å². The quantitative estimate of drug-likeness (QED) is 0.830. The monoisotopic (exact) mass is 249 g/mol. The topological polar surface area (TPSA) is 47.6 Å². The Hall–Kier alpha value is -1.55. The molecule has 1 aromatic carbocycles. The van der Waals surface area contributed by atoms with Crippen molar-refractivity contribution in [2.75, 3.05) is 25.1 Å². The minimum absolute atomic E-state index is 0.232. The summed E-state index contributed by atoms with van der Waals surface area (Å²) in [6.45, 7) is 5.16. The average Bonchev–Trinajstić information content (AvgIpc) is 2.79. The van der Waals surface area contributed by atoms with E-state index in [2.05, 4.69) is 5.32 Å². The van der Waals surface area contributed by atoms with E-state index < -0.39 is 5.54 Å². The van der Waals surface area contributed by atoms with E-state index in [0.717, 1.165) is 11.3 Å². The fourth-order valence-electron chi connectivity index (χ4n) is 2.14. The molecule has 0 aliphatic carbocycles. The lowest BCUT2D eigenvalue weighted by molar-refractivity contribution is -0.148. The molecule has 1 aliphatic rings. The maximum atomic E-state index is 12.1. The average molecular weight is 249 g/mol. The highest BCUT2D eigenvalue weighted by Crippen LogP contribution is 2.26. The van der Waals surface area contributed by atoms with Gasteiger partial charge in [-0.15, -0.1) is 0 Å². The van der Waals surface area contributed by atoms with E-state index in [1.165, 1.54) is 0 Å². The number of carbonyl (C=O) groups excluding carboxylic acids is 1. The summed E-state index contributed by atoms with van der Waals surface area (Å²) >= 11 is 0. The Morgan fingerprint density at radius 3 is 3.00 bits per heavy atom. The number of anilines is 1. The Morgan fingerprint density at radius 1 is 1.56 bits per heavy atom. The fourth-order valence-corrected chi connectivity index (χ4v) is 2.14. The molecule has 1 N–H and O–H groups in total. The van der Waals surface area contributed by atoms with Gasteiger partial charge in [0.05, 0.1) is 13.2 Å². The molecule has 1 saturated heterocycles. The van der Waals surface area contributed by atoms with Crippen molar-refractivity contribution in [3.8, 4) is 0 Å². The number of hydrogen-bond donors (Lipinski definition) is 1. The summed E-state index contributed by atoms with van der Waals surface area (Å²) in [7, 11) is 0.